The number of para-hydroxylation sites is 1. The molecule has 2 heteroatoms. The SMILES string of the molecule is CC(=O)Nc1c(C(C)C2CC2)cccc1C(C)C1CC1. The minimum Gasteiger partial charge on any atom is -0.326 e. The molecule has 2 atom stereocenters. The van der Waals surface area contributed by atoms with Crippen LogP contribution in [0.1, 0.15) is 69.4 Å². The highest BCUT2D eigenvalue weighted by Gasteiger charge is 2.34. The first-order valence-corrected chi connectivity index (χ1v) is 7.98. The lowest BCUT2D eigenvalue weighted by Gasteiger charge is -2.23. The number of rotatable bonds is 5. The Hall–Kier alpha value is -1.31. The van der Waals surface area contributed by atoms with E-state index in [2.05, 4.69) is 37.4 Å². The molecule has 0 saturated heterocycles. The maximum absolute atomic E-state index is 11.6. The second-order valence-electron chi connectivity index (χ2n) is 6.74. The second kappa shape index (κ2) is 5.23. The predicted molar refractivity (Wildman–Crippen MR) is 83.0 cm³/mol. The van der Waals surface area contributed by atoms with Crippen molar-refractivity contribution in [3.63, 3.8) is 0 Å². The first-order valence-electron chi connectivity index (χ1n) is 7.98. The molecular formula is C18H25NO. The fourth-order valence-corrected chi connectivity index (χ4v) is 3.37. The molecule has 2 fully saturated rings. The van der Waals surface area contributed by atoms with Crippen LogP contribution in [0.25, 0.3) is 0 Å². The summed E-state index contributed by atoms with van der Waals surface area (Å²) in [5, 5.41) is 3.13. The van der Waals surface area contributed by atoms with E-state index in [1.165, 1.54) is 36.8 Å². The standard InChI is InChI=1S/C18H25NO/c1-11(14-7-8-14)16-5-4-6-17(12(2)15-9-10-15)18(16)19-13(3)20/h4-6,11-12,14-15H,7-10H2,1-3H3,(H,19,20). The minimum absolute atomic E-state index is 0.0460. The van der Waals surface area contributed by atoms with Crippen molar-refractivity contribution in [2.75, 3.05) is 5.32 Å². The summed E-state index contributed by atoms with van der Waals surface area (Å²) in [7, 11) is 0. The van der Waals surface area contributed by atoms with Gasteiger partial charge in [-0.2, -0.15) is 0 Å². The maximum Gasteiger partial charge on any atom is 0.221 e. The van der Waals surface area contributed by atoms with Crippen molar-refractivity contribution in [3.05, 3.63) is 29.3 Å². The van der Waals surface area contributed by atoms with Crippen LogP contribution in [0, 0.1) is 11.8 Å². The molecule has 2 aliphatic carbocycles. The summed E-state index contributed by atoms with van der Waals surface area (Å²) in [5.74, 6) is 2.79. The van der Waals surface area contributed by atoms with Crippen LogP contribution in [0.3, 0.4) is 0 Å². The Labute approximate surface area is 122 Å². The molecular weight excluding hydrogens is 246 g/mol. The molecule has 1 amide bonds. The molecule has 2 unspecified atom stereocenters. The molecule has 1 aromatic carbocycles. The summed E-state index contributed by atoms with van der Waals surface area (Å²) in [6, 6.07) is 6.59. The molecule has 0 aromatic heterocycles. The first-order chi connectivity index (χ1) is 9.58. The molecule has 20 heavy (non-hydrogen) atoms. The molecule has 0 heterocycles. The predicted octanol–water partition coefficient (Wildman–Crippen LogP) is 4.67. The molecule has 3 rings (SSSR count). The van der Waals surface area contributed by atoms with Crippen LogP contribution in [-0.4, -0.2) is 5.91 Å². The maximum atomic E-state index is 11.6. The molecule has 1 aromatic rings. The Morgan fingerprint density at radius 1 is 1.05 bits per heavy atom. The van der Waals surface area contributed by atoms with Gasteiger partial charge in [0.25, 0.3) is 0 Å². The summed E-state index contributed by atoms with van der Waals surface area (Å²) in [6.07, 6.45) is 5.35. The summed E-state index contributed by atoms with van der Waals surface area (Å²) in [4.78, 5) is 11.6. The molecule has 0 spiro atoms. The molecule has 2 aliphatic rings. The van der Waals surface area contributed by atoms with Gasteiger partial charge in [-0.25, -0.2) is 0 Å². The quantitative estimate of drug-likeness (QED) is 0.828. The van der Waals surface area contributed by atoms with Crippen molar-refractivity contribution in [2.45, 2.75) is 58.3 Å². The number of anilines is 1. The summed E-state index contributed by atoms with van der Waals surface area (Å²) in [5.41, 5.74) is 3.79. The number of carbonyl (C=O) groups is 1. The zero-order chi connectivity index (χ0) is 14.3. The van der Waals surface area contributed by atoms with E-state index < -0.39 is 0 Å². The molecule has 1 N–H and O–H groups in total. The first kappa shape index (κ1) is 13.7. The van der Waals surface area contributed by atoms with Gasteiger partial charge in [-0.3, -0.25) is 4.79 Å². The lowest BCUT2D eigenvalue weighted by Crippen LogP contribution is -2.14. The van der Waals surface area contributed by atoms with Crippen LogP contribution < -0.4 is 5.32 Å². The Morgan fingerprint density at radius 3 is 1.85 bits per heavy atom. The van der Waals surface area contributed by atoms with Gasteiger partial charge in [-0.15, -0.1) is 0 Å². The third kappa shape index (κ3) is 2.74. The summed E-state index contributed by atoms with van der Waals surface area (Å²) in [6.45, 7) is 6.23. The van der Waals surface area contributed by atoms with Crippen molar-refractivity contribution < 1.29 is 4.79 Å². The van der Waals surface area contributed by atoms with E-state index in [1.54, 1.807) is 6.92 Å². The highest BCUT2D eigenvalue weighted by molar-refractivity contribution is 5.91. The van der Waals surface area contributed by atoms with Gasteiger partial charge >= 0.3 is 0 Å². The molecule has 0 aliphatic heterocycles. The Balaban J connectivity index is 1.98. The fraction of sp³-hybridized carbons (Fsp3) is 0.611. The summed E-state index contributed by atoms with van der Waals surface area (Å²) < 4.78 is 0. The van der Waals surface area contributed by atoms with Gasteiger partial charge in [0.05, 0.1) is 0 Å². The van der Waals surface area contributed by atoms with Crippen LogP contribution in [0.15, 0.2) is 18.2 Å². The Kier molecular flexibility index (Phi) is 3.57. The van der Waals surface area contributed by atoms with E-state index >= 15 is 0 Å². The lowest BCUT2D eigenvalue weighted by atomic mass is 9.87. The third-order valence-electron chi connectivity index (χ3n) is 5.07. The number of nitrogens with one attached hydrogen (secondary N) is 1. The summed E-state index contributed by atoms with van der Waals surface area (Å²) >= 11 is 0. The highest BCUT2D eigenvalue weighted by Crippen LogP contribution is 2.48. The molecule has 2 saturated carbocycles. The Morgan fingerprint density at radius 2 is 1.50 bits per heavy atom. The van der Waals surface area contributed by atoms with Crippen LogP contribution in [0.5, 0.6) is 0 Å². The smallest absolute Gasteiger partial charge is 0.221 e. The third-order valence-corrected chi connectivity index (χ3v) is 5.07. The average molecular weight is 271 g/mol. The van der Waals surface area contributed by atoms with Gasteiger partial charge in [0.15, 0.2) is 0 Å². The van der Waals surface area contributed by atoms with Crippen LogP contribution in [-0.2, 0) is 4.79 Å². The van der Waals surface area contributed by atoms with Crippen LogP contribution in [0.2, 0.25) is 0 Å². The Bertz CT molecular complexity index is 478. The molecule has 2 nitrogen and oxygen atoms in total. The van der Waals surface area contributed by atoms with Gasteiger partial charge in [-0.1, -0.05) is 32.0 Å². The number of hydrogen-bond donors (Lipinski definition) is 1. The fourth-order valence-electron chi connectivity index (χ4n) is 3.37. The van der Waals surface area contributed by atoms with Gasteiger partial charge in [0.1, 0.15) is 0 Å². The van der Waals surface area contributed by atoms with E-state index in [0.717, 1.165) is 17.5 Å². The lowest BCUT2D eigenvalue weighted by molar-refractivity contribution is -0.114. The van der Waals surface area contributed by atoms with Crippen LogP contribution >= 0.6 is 0 Å². The zero-order valence-electron chi connectivity index (χ0n) is 12.8. The van der Waals surface area contributed by atoms with Crippen molar-refractivity contribution >= 4 is 11.6 Å². The topological polar surface area (TPSA) is 29.1 Å². The minimum atomic E-state index is 0.0460. The molecule has 108 valence electrons. The zero-order valence-corrected chi connectivity index (χ0v) is 12.8. The van der Waals surface area contributed by atoms with Crippen molar-refractivity contribution in [1.82, 2.24) is 0 Å². The van der Waals surface area contributed by atoms with Crippen molar-refractivity contribution in [2.24, 2.45) is 11.8 Å². The van der Waals surface area contributed by atoms with Crippen molar-refractivity contribution in [3.8, 4) is 0 Å². The van der Waals surface area contributed by atoms with Gasteiger partial charge in [0.2, 0.25) is 5.91 Å². The van der Waals surface area contributed by atoms with E-state index in [4.69, 9.17) is 0 Å². The van der Waals surface area contributed by atoms with Gasteiger partial charge in [-0.05, 0) is 60.5 Å². The average Bonchev–Trinajstić information content (AvgIpc) is 3.30. The largest absolute Gasteiger partial charge is 0.326 e. The van der Waals surface area contributed by atoms with E-state index in [1.807, 2.05) is 0 Å². The molecule has 0 bridgehead atoms. The molecule has 0 radical (unpaired) electrons. The number of benzene rings is 1. The number of carbonyl (C=O) groups excluding carboxylic acids is 1. The van der Waals surface area contributed by atoms with Gasteiger partial charge < -0.3 is 5.32 Å². The monoisotopic (exact) mass is 271 g/mol. The normalized spacial score (nSPS) is 21.4. The van der Waals surface area contributed by atoms with Crippen LogP contribution in [0.4, 0.5) is 5.69 Å². The number of hydrogen-bond acceptors (Lipinski definition) is 1. The van der Waals surface area contributed by atoms with E-state index in [9.17, 15) is 4.79 Å². The van der Waals surface area contributed by atoms with Gasteiger partial charge in [0, 0.05) is 12.6 Å². The number of amides is 1. The van der Waals surface area contributed by atoms with E-state index in [0.29, 0.717) is 11.8 Å². The highest BCUT2D eigenvalue weighted by atomic mass is 16.1. The second-order valence-corrected chi connectivity index (χ2v) is 6.74. The van der Waals surface area contributed by atoms with E-state index in [-0.39, 0.29) is 5.91 Å². The van der Waals surface area contributed by atoms with Crippen molar-refractivity contribution in [1.29, 1.82) is 0 Å².